The Morgan fingerprint density at radius 2 is 1.79 bits per heavy atom. The molecule has 2 heterocycles. The minimum absolute atomic E-state index is 0.0673. The molecule has 19 heavy (non-hydrogen) atoms. The average molecular weight is 261 g/mol. The molecule has 0 atom stereocenters. The van der Waals surface area contributed by atoms with Crippen molar-refractivity contribution >= 4 is 16.9 Å². The molecule has 0 fully saturated rings. The molecule has 0 spiro atoms. The van der Waals surface area contributed by atoms with Crippen LogP contribution in [0.15, 0.2) is 9.59 Å². The summed E-state index contributed by atoms with van der Waals surface area (Å²) in [6.45, 7) is 3.75. The highest BCUT2D eigenvalue weighted by molar-refractivity contribution is 5.89. The van der Waals surface area contributed by atoms with Gasteiger partial charge in [-0.3, -0.25) is 13.9 Å². The largest absolute Gasteiger partial charge is 0.384 e. The molecule has 0 saturated heterocycles. The molecule has 0 unspecified atom stereocenters. The SMILES string of the molecule is CC(C)n1c(N)c(C#N)c2c(=O)n(C)c(=O)n(C)c21. The lowest BCUT2D eigenvalue weighted by Gasteiger charge is -2.14. The molecule has 0 radical (unpaired) electrons. The third-order valence-electron chi connectivity index (χ3n) is 3.26. The van der Waals surface area contributed by atoms with Crippen molar-refractivity contribution in [3.05, 3.63) is 26.4 Å². The molecule has 2 aromatic rings. The van der Waals surface area contributed by atoms with E-state index in [2.05, 4.69) is 0 Å². The lowest BCUT2D eigenvalue weighted by Crippen LogP contribution is -2.37. The van der Waals surface area contributed by atoms with Crippen LogP contribution in [0.2, 0.25) is 0 Å². The Morgan fingerprint density at radius 1 is 1.21 bits per heavy atom. The second-order valence-electron chi connectivity index (χ2n) is 4.74. The first-order valence-corrected chi connectivity index (χ1v) is 5.82. The highest BCUT2D eigenvalue weighted by atomic mass is 16.2. The average Bonchev–Trinajstić information content (AvgIpc) is 2.66. The van der Waals surface area contributed by atoms with Crippen molar-refractivity contribution in [3.63, 3.8) is 0 Å². The fourth-order valence-electron chi connectivity index (χ4n) is 2.33. The third kappa shape index (κ3) is 1.50. The van der Waals surface area contributed by atoms with Crippen LogP contribution < -0.4 is 17.0 Å². The lowest BCUT2D eigenvalue weighted by atomic mass is 10.2. The third-order valence-corrected chi connectivity index (χ3v) is 3.26. The maximum Gasteiger partial charge on any atom is 0.332 e. The quantitative estimate of drug-likeness (QED) is 0.785. The molecule has 2 rings (SSSR count). The smallest absolute Gasteiger partial charge is 0.332 e. The zero-order valence-corrected chi connectivity index (χ0v) is 11.3. The van der Waals surface area contributed by atoms with Gasteiger partial charge < -0.3 is 10.3 Å². The van der Waals surface area contributed by atoms with E-state index in [1.165, 1.54) is 11.6 Å². The van der Waals surface area contributed by atoms with Crippen LogP contribution in [0.1, 0.15) is 25.5 Å². The van der Waals surface area contributed by atoms with E-state index in [1.54, 1.807) is 11.6 Å². The van der Waals surface area contributed by atoms with Crippen molar-refractivity contribution in [2.75, 3.05) is 5.73 Å². The number of rotatable bonds is 1. The molecule has 0 saturated carbocycles. The second kappa shape index (κ2) is 4.02. The summed E-state index contributed by atoms with van der Waals surface area (Å²) in [6.07, 6.45) is 0. The summed E-state index contributed by atoms with van der Waals surface area (Å²) in [7, 11) is 2.94. The predicted molar refractivity (Wildman–Crippen MR) is 71.9 cm³/mol. The Hall–Kier alpha value is -2.49. The van der Waals surface area contributed by atoms with Crippen molar-refractivity contribution in [1.82, 2.24) is 13.7 Å². The number of nitrogen functional groups attached to an aromatic ring is 1. The van der Waals surface area contributed by atoms with Crippen LogP contribution >= 0.6 is 0 Å². The number of hydrogen-bond acceptors (Lipinski definition) is 4. The highest BCUT2D eigenvalue weighted by Crippen LogP contribution is 2.27. The first-order chi connectivity index (χ1) is 8.82. The molecular formula is C12H15N5O2. The van der Waals surface area contributed by atoms with Gasteiger partial charge in [-0.15, -0.1) is 0 Å². The Balaban J connectivity index is 3.28. The number of aryl methyl sites for hydroxylation is 1. The monoisotopic (exact) mass is 261 g/mol. The number of nitriles is 1. The van der Waals surface area contributed by atoms with Gasteiger partial charge in [-0.1, -0.05) is 0 Å². The van der Waals surface area contributed by atoms with Gasteiger partial charge in [0.1, 0.15) is 28.5 Å². The van der Waals surface area contributed by atoms with Gasteiger partial charge in [0, 0.05) is 20.1 Å². The molecular weight excluding hydrogens is 246 g/mol. The van der Waals surface area contributed by atoms with E-state index in [9.17, 15) is 14.9 Å². The summed E-state index contributed by atoms with van der Waals surface area (Å²) in [4.78, 5) is 24.2. The van der Waals surface area contributed by atoms with Gasteiger partial charge in [-0.25, -0.2) is 4.79 Å². The van der Waals surface area contributed by atoms with Crippen LogP contribution in [-0.2, 0) is 14.1 Å². The van der Waals surface area contributed by atoms with Crippen LogP contribution in [0.4, 0.5) is 5.82 Å². The van der Waals surface area contributed by atoms with Crippen molar-refractivity contribution in [2.24, 2.45) is 14.1 Å². The number of anilines is 1. The van der Waals surface area contributed by atoms with Gasteiger partial charge in [0.15, 0.2) is 0 Å². The van der Waals surface area contributed by atoms with Gasteiger partial charge >= 0.3 is 5.69 Å². The molecule has 0 aliphatic carbocycles. The molecule has 100 valence electrons. The standard InChI is InChI=1S/C12H15N5O2/c1-6(2)17-9(14)7(5-13)8-10(17)15(3)12(19)16(4)11(8)18/h6H,14H2,1-4H3. The van der Waals surface area contributed by atoms with Crippen molar-refractivity contribution < 1.29 is 0 Å². The first kappa shape index (κ1) is 13.0. The molecule has 0 bridgehead atoms. The number of fused-ring (bicyclic) bond motifs is 1. The minimum atomic E-state index is -0.499. The molecule has 0 aliphatic heterocycles. The van der Waals surface area contributed by atoms with Gasteiger partial charge in [0.2, 0.25) is 0 Å². The zero-order chi connectivity index (χ0) is 14.5. The van der Waals surface area contributed by atoms with Crippen LogP contribution in [-0.4, -0.2) is 13.7 Å². The number of nitrogens with two attached hydrogens (primary N) is 1. The van der Waals surface area contributed by atoms with E-state index in [0.717, 1.165) is 4.57 Å². The molecule has 0 amide bonds. The summed E-state index contributed by atoms with van der Waals surface area (Å²) in [5.74, 6) is 0.214. The Kier molecular flexibility index (Phi) is 2.74. The van der Waals surface area contributed by atoms with Gasteiger partial charge in [-0.05, 0) is 13.8 Å². The predicted octanol–water partition coefficient (Wildman–Crippen LogP) is 0.0735. The van der Waals surface area contributed by atoms with Crippen molar-refractivity contribution in [2.45, 2.75) is 19.9 Å². The van der Waals surface area contributed by atoms with E-state index in [0.29, 0.717) is 5.65 Å². The minimum Gasteiger partial charge on any atom is -0.384 e. The van der Waals surface area contributed by atoms with Gasteiger partial charge in [0.05, 0.1) is 0 Å². The summed E-state index contributed by atoms with van der Waals surface area (Å²) in [5, 5.41) is 9.40. The molecule has 0 aromatic carbocycles. The Bertz CT molecular complexity index is 829. The fraction of sp³-hybridized carbons (Fsp3) is 0.417. The normalized spacial score (nSPS) is 11.2. The number of hydrogen-bond donors (Lipinski definition) is 1. The van der Waals surface area contributed by atoms with Gasteiger partial charge in [-0.2, -0.15) is 5.26 Å². The topological polar surface area (TPSA) is 98.7 Å². The van der Waals surface area contributed by atoms with Crippen LogP contribution in [0.3, 0.4) is 0 Å². The molecule has 2 N–H and O–H groups in total. The van der Waals surface area contributed by atoms with E-state index in [1.807, 2.05) is 19.9 Å². The maximum absolute atomic E-state index is 12.2. The summed E-state index contributed by atoms with van der Waals surface area (Å²) >= 11 is 0. The Labute approximate surface area is 109 Å². The summed E-state index contributed by atoms with van der Waals surface area (Å²) in [5.41, 5.74) is 5.51. The second-order valence-corrected chi connectivity index (χ2v) is 4.74. The molecule has 0 aliphatic rings. The van der Waals surface area contributed by atoms with Gasteiger partial charge in [0.25, 0.3) is 5.56 Å². The Morgan fingerprint density at radius 3 is 2.26 bits per heavy atom. The lowest BCUT2D eigenvalue weighted by molar-refractivity contribution is 0.603. The van der Waals surface area contributed by atoms with Crippen LogP contribution in [0.25, 0.3) is 11.0 Å². The van der Waals surface area contributed by atoms with E-state index < -0.39 is 11.2 Å². The molecule has 7 heteroatoms. The van der Waals surface area contributed by atoms with Crippen molar-refractivity contribution in [3.8, 4) is 6.07 Å². The van der Waals surface area contributed by atoms with E-state index in [4.69, 9.17) is 5.73 Å². The molecule has 7 nitrogen and oxygen atoms in total. The first-order valence-electron chi connectivity index (χ1n) is 5.82. The van der Waals surface area contributed by atoms with Crippen LogP contribution in [0.5, 0.6) is 0 Å². The number of nitrogens with zero attached hydrogens (tertiary/aromatic N) is 4. The number of aromatic nitrogens is 3. The van der Waals surface area contributed by atoms with E-state index >= 15 is 0 Å². The van der Waals surface area contributed by atoms with E-state index in [-0.39, 0.29) is 22.8 Å². The maximum atomic E-state index is 12.2. The zero-order valence-electron chi connectivity index (χ0n) is 11.3. The summed E-state index contributed by atoms with van der Waals surface area (Å²) < 4.78 is 3.96. The summed E-state index contributed by atoms with van der Waals surface area (Å²) in [6, 6.07) is 1.89. The van der Waals surface area contributed by atoms with Crippen molar-refractivity contribution in [1.29, 1.82) is 5.26 Å². The van der Waals surface area contributed by atoms with Crippen LogP contribution in [0, 0.1) is 11.3 Å². The molecule has 2 aromatic heterocycles. The highest BCUT2D eigenvalue weighted by Gasteiger charge is 2.23. The fourth-order valence-corrected chi connectivity index (χ4v) is 2.33.